The Morgan fingerprint density at radius 1 is 1.39 bits per heavy atom. The first kappa shape index (κ1) is 12.4. The van der Waals surface area contributed by atoms with E-state index in [1.54, 1.807) is 18.2 Å². The van der Waals surface area contributed by atoms with Gasteiger partial charge >= 0.3 is 5.97 Å². The van der Waals surface area contributed by atoms with Gasteiger partial charge in [-0.05, 0) is 24.6 Å². The van der Waals surface area contributed by atoms with Gasteiger partial charge in [0, 0.05) is 22.5 Å². The Bertz CT molecular complexity index is 626. The highest BCUT2D eigenvalue weighted by molar-refractivity contribution is 6.31. The first-order chi connectivity index (χ1) is 8.52. The fourth-order valence-corrected chi connectivity index (χ4v) is 1.94. The topological polar surface area (TPSA) is 76.2 Å². The number of carboxylic acids is 1. The van der Waals surface area contributed by atoms with Crippen molar-refractivity contribution in [3.8, 4) is 11.3 Å². The van der Waals surface area contributed by atoms with Crippen molar-refractivity contribution in [3.63, 3.8) is 0 Å². The summed E-state index contributed by atoms with van der Waals surface area (Å²) in [6, 6.07) is 6.73. The Kier molecular flexibility index (Phi) is 3.21. The fraction of sp³-hybridized carbons (Fsp3) is 0.0769. The third-order valence-electron chi connectivity index (χ3n) is 2.72. The van der Waals surface area contributed by atoms with Crippen LogP contribution in [0.25, 0.3) is 11.3 Å². The van der Waals surface area contributed by atoms with Crippen LogP contribution in [0.15, 0.2) is 30.5 Å². The molecule has 0 unspecified atom stereocenters. The predicted octanol–water partition coefficient (Wildman–Crippen LogP) is 2.99. The predicted molar refractivity (Wildman–Crippen MR) is 70.8 cm³/mol. The maximum absolute atomic E-state index is 11.3. The Morgan fingerprint density at radius 2 is 2.11 bits per heavy atom. The molecular formula is C13H11ClN2O2. The molecule has 0 radical (unpaired) electrons. The van der Waals surface area contributed by atoms with Gasteiger partial charge in [-0.1, -0.05) is 23.7 Å². The molecule has 0 saturated heterocycles. The zero-order valence-corrected chi connectivity index (χ0v) is 10.4. The molecule has 0 fully saturated rings. The number of nitrogens with two attached hydrogens (primary N) is 1. The minimum atomic E-state index is -1.10. The first-order valence-corrected chi connectivity index (χ1v) is 5.63. The molecule has 1 heterocycles. The van der Waals surface area contributed by atoms with Crippen LogP contribution in [0.4, 0.5) is 5.69 Å². The van der Waals surface area contributed by atoms with Crippen molar-refractivity contribution >= 4 is 23.3 Å². The molecule has 0 spiro atoms. The lowest BCUT2D eigenvalue weighted by Gasteiger charge is -2.11. The highest BCUT2D eigenvalue weighted by Crippen LogP contribution is 2.31. The number of hydrogen-bond donors (Lipinski definition) is 2. The standard InChI is InChI=1S/C13H11ClN2O2/c1-7-8(3-2-4-9(7)14)12-11(13(17)18)10(15)5-6-16-12/h2-6H,1H3,(H2,15,16)(H,17,18). The van der Waals surface area contributed by atoms with Crippen LogP contribution >= 0.6 is 11.6 Å². The molecule has 0 amide bonds. The van der Waals surface area contributed by atoms with Gasteiger partial charge in [0.2, 0.25) is 0 Å². The molecule has 0 bridgehead atoms. The first-order valence-electron chi connectivity index (χ1n) is 5.25. The van der Waals surface area contributed by atoms with Crippen LogP contribution in [0.1, 0.15) is 15.9 Å². The zero-order valence-electron chi connectivity index (χ0n) is 9.64. The van der Waals surface area contributed by atoms with E-state index in [1.165, 1.54) is 12.3 Å². The van der Waals surface area contributed by atoms with Gasteiger partial charge in [0.25, 0.3) is 0 Å². The molecule has 2 aromatic rings. The number of anilines is 1. The normalized spacial score (nSPS) is 10.3. The molecule has 2 rings (SSSR count). The number of aromatic carboxylic acids is 1. The molecule has 1 aromatic carbocycles. The second-order valence-electron chi connectivity index (χ2n) is 3.84. The largest absolute Gasteiger partial charge is 0.478 e. The summed E-state index contributed by atoms with van der Waals surface area (Å²) in [5, 5.41) is 9.78. The van der Waals surface area contributed by atoms with Crippen molar-refractivity contribution in [2.24, 2.45) is 0 Å². The molecule has 92 valence electrons. The summed E-state index contributed by atoms with van der Waals surface area (Å²) in [5.41, 5.74) is 7.67. The number of rotatable bonds is 2. The van der Waals surface area contributed by atoms with E-state index in [0.717, 1.165) is 5.56 Å². The number of nitrogens with zero attached hydrogens (tertiary/aromatic N) is 1. The maximum atomic E-state index is 11.3. The quantitative estimate of drug-likeness (QED) is 0.872. The van der Waals surface area contributed by atoms with E-state index in [1.807, 2.05) is 6.92 Å². The molecule has 0 atom stereocenters. The lowest BCUT2D eigenvalue weighted by atomic mass is 10.0. The second kappa shape index (κ2) is 4.66. The van der Waals surface area contributed by atoms with Gasteiger partial charge in [-0.3, -0.25) is 4.98 Å². The van der Waals surface area contributed by atoms with E-state index in [4.69, 9.17) is 17.3 Å². The average molecular weight is 263 g/mol. The van der Waals surface area contributed by atoms with E-state index in [2.05, 4.69) is 4.98 Å². The summed E-state index contributed by atoms with van der Waals surface area (Å²) < 4.78 is 0. The van der Waals surface area contributed by atoms with Gasteiger partial charge in [0.1, 0.15) is 5.56 Å². The minimum absolute atomic E-state index is 0.00265. The number of aromatic nitrogens is 1. The maximum Gasteiger partial charge on any atom is 0.340 e. The number of pyridine rings is 1. The van der Waals surface area contributed by atoms with Gasteiger partial charge in [-0.2, -0.15) is 0 Å². The number of halogens is 1. The van der Waals surface area contributed by atoms with Crippen LogP contribution in [0.5, 0.6) is 0 Å². The number of hydrogen-bond acceptors (Lipinski definition) is 3. The van der Waals surface area contributed by atoms with E-state index in [9.17, 15) is 9.90 Å². The van der Waals surface area contributed by atoms with Crippen LogP contribution in [0.2, 0.25) is 5.02 Å². The molecule has 0 aliphatic carbocycles. The molecule has 18 heavy (non-hydrogen) atoms. The van der Waals surface area contributed by atoms with Crippen LogP contribution < -0.4 is 5.73 Å². The molecule has 5 heteroatoms. The summed E-state index contributed by atoms with van der Waals surface area (Å²) >= 11 is 6.03. The van der Waals surface area contributed by atoms with Crippen LogP contribution in [0, 0.1) is 6.92 Å². The summed E-state index contributed by atoms with van der Waals surface area (Å²) in [6.45, 7) is 1.81. The Labute approximate surface area is 109 Å². The number of carboxylic acid groups (broad SMARTS) is 1. The summed E-state index contributed by atoms with van der Waals surface area (Å²) in [6.07, 6.45) is 1.48. The highest BCUT2D eigenvalue weighted by Gasteiger charge is 2.18. The smallest absolute Gasteiger partial charge is 0.340 e. The van der Waals surface area contributed by atoms with E-state index < -0.39 is 5.97 Å². The third kappa shape index (κ3) is 2.02. The van der Waals surface area contributed by atoms with Gasteiger partial charge in [-0.15, -0.1) is 0 Å². The van der Waals surface area contributed by atoms with Crippen LogP contribution in [-0.4, -0.2) is 16.1 Å². The third-order valence-corrected chi connectivity index (χ3v) is 3.13. The van der Waals surface area contributed by atoms with Crippen molar-refractivity contribution < 1.29 is 9.90 Å². The lowest BCUT2D eigenvalue weighted by Crippen LogP contribution is -2.07. The van der Waals surface area contributed by atoms with Gasteiger partial charge in [0.05, 0.1) is 5.69 Å². The number of carbonyl (C=O) groups is 1. The zero-order chi connectivity index (χ0) is 13.3. The van der Waals surface area contributed by atoms with Crippen molar-refractivity contribution in [3.05, 3.63) is 46.6 Å². The van der Waals surface area contributed by atoms with Crippen molar-refractivity contribution in [1.82, 2.24) is 4.98 Å². The van der Waals surface area contributed by atoms with Crippen molar-refractivity contribution in [1.29, 1.82) is 0 Å². The Balaban J connectivity index is 2.75. The Morgan fingerprint density at radius 3 is 2.78 bits per heavy atom. The monoisotopic (exact) mass is 262 g/mol. The summed E-state index contributed by atoms with van der Waals surface area (Å²) in [7, 11) is 0. The second-order valence-corrected chi connectivity index (χ2v) is 4.25. The molecule has 0 saturated carbocycles. The molecule has 1 aromatic heterocycles. The van der Waals surface area contributed by atoms with Gasteiger partial charge < -0.3 is 10.8 Å². The van der Waals surface area contributed by atoms with Gasteiger partial charge in [-0.25, -0.2) is 4.79 Å². The lowest BCUT2D eigenvalue weighted by molar-refractivity contribution is 0.0698. The fourth-order valence-electron chi connectivity index (χ4n) is 1.77. The average Bonchev–Trinajstić information content (AvgIpc) is 2.32. The highest BCUT2D eigenvalue weighted by atomic mass is 35.5. The van der Waals surface area contributed by atoms with Crippen LogP contribution in [-0.2, 0) is 0 Å². The van der Waals surface area contributed by atoms with E-state index >= 15 is 0 Å². The summed E-state index contributed by atoms with van der Waals surface area (Å²) in [4.78, 5) is 15.4. The number of benzene rings is 1. The molecule has 0 aliphatic rings. The molecule has 3 N–H and O–H groups in total. The summed E-state index contributed by atoms with van der Waals surface area (Å²) in [5.74, 6) is -1.10. The molecular weight excluding hydrogens is 252 g/mol. The minimum Gasteiger partial charge on any atom is -0.478 e. The SMILES string of the molecule is Cc1c(Cl)cccc1-c1nccc(N)c1C(=O)O. The van der Waals surface area contributed by atoms with Crippen molar-refractivity contribution in [2.45, 2.75) is 6.92 Å². The number of nitrogen functional groups attached to an aromatic ring is 1. The molecule has 4 nitrogen and oxygen atoms in total. The van der Waals surface area contributed by atoms with E-state index in [0.29, 0.717) is 16.3 Å². The van der Waals surface area contributed by atoms with Crippen LogP contribution in [0.3, 0.4) is 0 Å². The van der Waals surface area contributed by atoms with E-state index in [-0.39, 0.29) is 11.3 Å². The van der Waals surface area contributed by atoms with Gasteiger partial charge in [0.15, 0.2) is 0 Å². The van der Waals surface area contributed by atoms with Crippen molar-refractivity contribution in [2.75, 3.05) is 5.73 Å². The Hall–Kier alpha value is -2.07. The molecule has 0 aliphatic heterocycles.